The minimum absolute atomic E-state index is 0.00916. The highest BCUT2D eigenvalue weighted by Gasteiger charge is 2.22. The van der Waals surface area contributed by atoms with E-state index >= 15 is 0 Å². The molecular weight excluding hydrogens is 278 g/mol. The molecule has 108 valence electrons. The molecule has 1 aliphatic rings. The van der Waals surface area contributed by atoms with Crippen molar-refractivity contribution in [1.29, 1.82) is 0 Å². The number of hydrogen-bond acceptors (Lipinski definition) is 2. The first-order valence-corrected chi connectivity index (χ1v) is 7.78. The van der Waals surface area contributed by atoms with Gasteiger partial charge in [-0.05, 0) is 55.0 Å². The molecular formula is C18H19NOS. The number of nitrogens with one attached hydrogen (secondary N) is 1. The largest absolute Gasteiger partial charge is 0.345 e. The number of carbonyl (C=O) groups is 1. The first kappa shape index (κ1) is 14.2. The fraction of sp³-hybridized carbons (Fsp3) is 0.278. The lowest BCUT2D eigenvalue weighted by molar-refractivity contribution is 0.0932. The minimum Gasteiger partial charge on any atom is -0.345 e. The van der Waals surface area contributed by atoms with E-state index in [4.69, 9.17) is 0 Å². The van der Waals surface area contributed by atoms with Gasteiger partial charge < -0.3 is 5.32 Å². The summed E-state index contributed by atoms with van der Waals surface area (Å²) in [7, 11) is 0. The van der Waals surface area contributed by atoms with Gasteiger partial charge in [-0.25, -0.2) is 0 Å². The van der Waals surface area contributed by atoms with E-state index in [0.717, 1.165) is 29.7 Å². The molecule has 2 nitrogen and oxygen atoms in total. The predicted octanol–water partition coefficient (Wildman–Crippen LogP) is 4.09. The Hall–Kier alpha value is -1.74. The Morgan fingerprint density at radius 1 is 1.24 bits per heavy atom. The highest BCUT2D eigenvalue weighted by Crippen LogP contribution is 2.29. The number of thiol groups is 1. The lowest BCUT2D eigenvalue weighted by Gasteiger charge is -2.26. The molecule has 1 amide bonds. The Bertz CT molecular complexity index is 681. The van der Waals surface area contributed by atoms with Gasteiger partial charge in [0.05, 0.1) is 6.04 Å². The van der Waals surface area contributed by atoms with Crippen molar-refractivity contribution in [2.75, 3.05) is 0 Å². The molecule has 0 saturated carbocycles. The third-order valence-electron chi connectivity index (χ3n) is 4.14. The molecule has 1 aliphatic carbocycles. The first-order chi connectivity index (χ1) is 10.1. The summed E-state index contributed by atoms with van der Waals surface area (Å²) in [6, 6.07) is 14.2. The van der Waals surface area contributed by atoms with Gasteiger partial charge in [0.15, 0.2) is 0 Å². The second kappa shape index (κ2) is 5.94. The molecule has 0 bridgehead atoms. The normalized spacial score (nSPS) is 17.1. The number of carbonyl (C=O) groups excluding carboxylic acids is 1. The van der Waals surface area contributed by atoms with Crippen LogP contribution in [0.5, 0.6) is 0 Å². The van der Waals surface area contributed by atoms with Crippen LogP contribution in [-0.2, 0) is 6.42 Å². The number of benzene rings is 2. The molecule has 1 N–H and O–H groups in total. The summed E-state index contributed by atoms with van der Waals surface area (Å²) in [5.74, 6) is -0.00916. The van der Waals surface area contributed by atoms with E-state index in [1.54, 1.807) is 0 Å². The molecule has 0 heterocycles. The van der Waals surface area contributed by atoms with Gasteiger partial charge in [-0.1, -0.05) is 30.3 Å². The predicted molar refractivity (Wildman–Crippen MR) is 88.0 cm³/mol. The van der Waals surface area contributed by atoms with Gasteiger partial charge in [0.25, 0.3) is 5.91 Å². The van der Waals surface area contributed by atoms with Crippen LogP contribution in [0.15, 0.2) is 47.4 Å². The third-order valence-corrected chi connectivity index (χ3v) is 4.42. The SMILES string of the molecule is Cc1ccc(S)cc1C(=O)NC1CCCc2ccccc21. The molecule has 0 radical (unpaired) electrons. The van der Waals surface area contributed by atoms with Gasteiger partial charge in [-0.3, -0.25) is 4.79 Å². The molecule has 0 spiro atoms. The van der Waals surface area contributed by atoms with Crippen LogP contribution in [0.4, 0.5) is 0 Å². The van der Waals surface area contributed by atoms with E-state index in [0.29, 0.717) is 5.56 Å². The quantitative estimate of drug-likeness (QED) is 0.803. The van der Waals surface area contributed by atoms with Crippen molar-refractivity contribution in [3.63, 3.8) is 0 Å². The zero-order valence-electron chi connectivity index (χ0n) is 12.1. The van der Waals surface area contributed by atoms with Crippen molar-refractivity contribution in [2.24, 2.45) is 0 Å². The van der Waals surface area contributed by atoms with Crippen LogP contribution in [0.25, 0.3) is 0 Å². The number of aryl methyl sites for hydroxylation is 2. The summed E-state index contributed by atoms with van der Waals surface area (Å²) in [6.45, 7) is 1.96. The summed E-state index contributed by atoms with van der Waals surface area (Å²) in [4.78, 5) is 13.4. The van der Waals surface area contributed by atoms with Gasteiger partial charge >= 0.3 is 0 Å². The Kier molecular flexibility index (Phi) is 4.02. The topological polar surface area (TPSA) is 29.1 Å². The van der Waals surface area contributed by atoms with Gasteiger partial charge in [0.1, 0.15) is 0 Å². The summed E-state index contributed by atoms with van der Waals surface area (Å²) in [6.07, 6.45) is 3.23. The summed E-state index contributed by atoms with van der Waals surface area (Å²) >= 11 is 4.33. The zero-order chi connectivity index (χ0) is 14.8. The molecule has 3 rings (SSSR count). The molecule has 2 aromatic rings. The molecule has 3 heteroatoms. The van der Waals surface area contributed by atoms with Crippen LogP contribution in [0.1, 0.15) is 45.9 Å². The second-order valence-electron chi connectivity index (χ2n) is 5.62. The maximum absolute atomic E-state index is 12.6. The van der Waals surface area contributed by atoms with Crippen molar-refractivity contribution in [3.8, 4) is 0 Å². The molecule has 2 aromatic carbocycles. The van der Waals surface area contributed by atoms with Crippen molar-refractivity contribution >= 4 is 18.5 Å². The molecule has 0 aromatic heterocycles. The van der Waals surface area contributed by atoms with E-state index in [-0.39, 0.29) is 11.9 Å². The fourth-order valence-electron chi connectivity index (χ4n) is 2.99. The number of hydrogen-bond donors (Lipinski definition) is 2. The highest BCUT2D eigenvalue weighted by atomic mass is 32.1. The summed E-state index contributed by atoms with van der Waals surface area (Å²) in [5, 5.41) is 3.19. The molecule has 0 aliphatic heterocycles. The summed E-state index contributed by atoms with van der Waals surface area (Å²) in [5.41, 5.74) is 4.31. The maximum Gasteiger partial charge on any atom is 0.252 e. The number of fused-ring (bicyclic) bond motifs is 1. The van der Waals surface area contributed by atoms with Crippen LogP contribution in [-0.4, -0.2) is 5.91 Å². The molecule has 1 unspecified atom stereocenters. The van der Waals surface area contributed by atoms with Gasteiger partial charge in [0, 0.05) is 10.5 Å². The monoisotopic (exact) mass is 297 g/mol. The van der Waals surface area contributed by atoms with Crippen LogP contribution in [0.3, 0.4) is 0 Å². The Morgan fingerprint density at radius 2 is 2.05 bits per heavy atom. The Morgan fingerprint density at radius 3 is 2.90 bits per heavy atom. The standard InChI is InChI=1S/C18H19NOS/c1-12-9-10-14(21)11-16(12)18(20)19-17-8-4-6-13-5-2-3-7-15(13)17/h2-3,5,7,9-11,17,21H,4,6,8H2,1H3,(H,19,20). The van der Waals surface area contributed by atoms with Gasteiger partial charge in [-0.2, -0.15) is 0 Å². The second-order valence-corrected chi connectivity index (χ2v) is 6.13. The average molecular weight is 297 g/mol. The minimum atomic E-state index is -0.00916. The van der Waals surface area contributed by atoms with Crippen molar-refractivity contribution in [1.82, 2.24) is 5.32 Å². The summed E-state index contributed by atoms with van der Waals surface area (Å²) < 4.78 is 0. The van der Waals surface area contributed by atoms with Gasteiger partial charge in [-0.15, -0.1) is 12.6 Å². The first-order valence-electron chi connectivity index (χ1n) is 7.33. The smallest absolute Gasteiger partial charge is 0.252 e. The van der Waals surface area contributed by atoms with E-state index < -0.39 is 0 Å². The van der Waals surface area contributed by atoms with Crippen LogP contribution in [0.2, 0.25) is 0 Å². The third kappa shape index (κ3) is 2.98. The Balaban J connectivity index is 1.84. The fourth-order valence-corrected chi connectivity index (χ4v) is 3.20. The molecule has 0 fully saturated rings. The number of amides is 1. The molecule has 21 heavy (non-hydrogen) atoms. The van der Waals surface area contributed by atoms with E-state index in [1.165, 1.54) is 11.1 Å². The zero-order valence-corrected chi connectivity index (χ0v) is 13.0. The molecule has 0 saturated heterocycles. The molecule has 1 atom stereocenters. The van der Waals surface area contributed by atoms with E-state index in [1.807, 2.05) is 31.2 Å². The van der Waals surface area contributed by atoms with Crippen molar-refractivity contribution in [3.05, 3.63) is 64.7 Å². The highest BCUT2D eigenvalue weighted by molar-refractivity contribution is 7.80. The van der Waals surface area contributed by atoms with Crippen LogP contribution >= 0.6 is 12.6 Å². The van der Waals surface area contributed by atoms with Gasteiger partial charge in [0.2, 0.25) is 0 Å². The number of rotatable bonds is 2. The maximum atomic E-state index is 12.6. The van der Waals surface area contributed by atoms with Crippen molar-refractivity contribution < 1.29 is 4.79 Å². The van der Waals surface area contributed by atoms with Crippen LogP contribution in [0, 0.1) is 6.92 Å². The lowest BCUT2D eigenvalue weighted by atomic mass is 9.87. The van der Waals surface area contributed by atoms with E-state index in [9.17, 15) is 4.79 Å². The lowest BCUT2D eigenvalue weighted by Crippen LogP contribution is -2.31. The van der Waals surface area contributed by atoms with E-state index in [2.05, 4.69) is 36.1 Å². The van der Waals surface area contributed by atoms with Crippen molar-refractivity contribution in [2.45, 2.75) is 37.1 Å². The average Bonchev–Trinajstić information content (AvgIpc) is 2.50. The Labute approximate surface area is 131 Å². The van der Waals surface area contributed by atoms with Crippen LogP contribution < -0.4 is 5.32 Å².